The van der Waals surface area contributed by atoms with Gasteiger partial charge in [0.05, 0.1) is 6.04 Å². The molecule has 0 aliphatic carbocycles. The lowest BCUT2D eigenvalue weighted by Gasteiger charge is -2.43. The molecule has 1 amide bonds. The van der Waals surface area contributed by atoms with E-state index in [1.54, 1.807) is 13.8 Å². The molecule has 2 rings (SSSR count). The van der Waals surface area contributed by atoms with Gasteiger partial charge in [-0.2, -0.15) is 0 Å². The summed E-state index contributed by atoms with van der Waals surface area (Å²) in [4.78, 5) is 39.2. The Balaban J connectivity index is 2.23. The maximum absolute atomic E-state index is 12.9. The first kappa shape index (κ1) is 22.5. The molecule has 1 aromatic carbocycles. The van der Waals surface area contributed by atoms with E-state index in [9.17, 15) is 14.4 Å². The van der Waals surface area contributed by atoms with Crippen molar-refractivity contribution in [3.63, 3.8) is 0 Å². The Bertz CT molecular complexity index is 701. The van der Waals surface area contributed by atoms with Gasteiger partial charge in [-0.05, 0) is 43.1 Å². The quantitative estimate of drug-likeness (QED) is 0.482. The fraction of sp³-hybridized carbons (Fsp3) is 0.609. The standard InChI is InChI=1S/C23H33NO3S/c1-5-10-18(16-11-8-7-9-12-16)17-13-14-24(19(15-17)22(27)28)21(26)20(25)23(3,4)6-2/h7-9,11-12,17-19H,5-6,10,13-15H2,1-4H3,(H,27,28)/p-1. The van der Waals surface area contributed by atoms with Crippen molar-refractivity contribution in [1.82, 2.24) is 4.90 Å². The number of carbonyl (C=O) groups is 3. The van der Waals surface area contributed by atoms with Crippen molar-refractivity contribution in [2.45, 2.75) is 71.8 Å². The second kappa shape index (κ2) is 9.64. The number of piperidine rings is 1. The number of benzene rings is 1. The number of hydrogen-bond donors (Lipinski definition) is 0. The maximum Gasteiger partial charge on any atom is 0.291 e. The summed E-state index contributed by atoms with van der Waals surface area (Å²) in [5.74, 6) is -0.371. The van der Waals surface area contributed by atoms with Crippen LogP contribution in [0.4, 0.5) is 0 Å². The number of rotatable bonds is 8. The van der Waals surface area contributed by atoms with E-state index in [1.807, 2.05) is 25.1 Å². The largest absolute Gasteiger partial charge is 0.740 e. The highest BCUT2D eigenvalue weighted by molar-refractivity contribution is 7.77. The lowest BCUT2D eigenvalue weighted by molar-refractivity contribution is -0.153. The van der Waals surface area contributed by atoms with Crippen LogP contribution in [0.3, 0.4) is 0 Å². The van der Waals surface area contributed by atoms with E-state index in [0.717, 1.165) is 19.3 Å². The number of carbonyl (C=O) groups excluding carboxylic acids is 3. The number of nitrogens with zero attached hydrogens (tertiary/aromatic N) is 1. The number of ketones is 1. The molecule has 4 nitrogen and oxygen atoms in total. The highest BCUT2D eigenvalue weighted by Gasteiger charge is 2.41. The highest BCUT2D eigenvalue weighted by Crippen LogP contribution is 2.38. The molecule has 5 heteroatoms. The van der Waals surface area contributed by atoms with Crippen molar-refractivity contribution in [2.75, 3.05) is 6.54 Å². The fourth-order valence-electron chi connectivity index (χ4n) is 4.09. The summed E-state index contributed by atoms with van der Waals surface area (Å²) in [7, 11) is 0. The zero-order valence-electron chi connectivity index (χ0n) is 17.4. The van der Waals surface area contributed by atoms with Gasteiger partial charge in [-0.1, -0.05) is 64.4 Å². The summed E-state index contributed by atoms with van der Waals surface area (Å²) in [5.41, 5.74) is 0.547. The topological polar surface area (TPSA) is 54.5 Å². The summed E-state index contributed by atoms with van der Waals surface area (Å²) < 4.78 is 0. The van der Waals surface area contributed by atoms with Crippen LogP contribution in [0.2, 0.25) is 0 Å². The van der Waals surface area contributed by atoms with Gasteiger partial charge in [0.2, 0.25) is 5.78 Å². The molecule has 1 aliphatic heterocycles. The molecule has 0 aromatic heterocycles. The summed E-state index contributed by atoms with van der Waals surface area (Å²) in [5, 5.41) is -0.441. The molecule has 0 N–H and O–H groups in total. The van der Waals surface area contributed by atoms with E-state index in [-0.39, 0.29) is 5.92 Å². The molecule has 1 heterocycles. The van der Waals surface area contributed by atoms with Gasteiger partial charge in [-0.3, -0.25) is 9.59 Å². The van der Waals surface area contributed by atoms with Gasteiger partial charge in [0.25, 0.3) is 5.91 Å². The van der Waals surface area contributed by atoms with Crippen LogP contribution in [0.1, 0.15) is 71.3 Å². The minimum atomic E-state index is -0.724. The molecule has 1 saturated heterocycles. The third kappa shape index (κ3) is 4.99. The van der Waals surface area contributed by atoms with Gasteiger partial charge in [0.1, 0.15) is 0 Å². The van der Waals surface area contributed by atoms with Gasteiger partial charge < -0.3 is 22.3 Å². The summed E-state index contributed by atoms with van der Waals surface area (Å²) in [6, 6.07) is 9.67. The second-order valence-corrected chi connectivity index (χ2v) is 8.89. The lowest BCUT2D eigenvalue weighted by Crippen LogP contribution is -2.54. The zero-order chi connectivity index (χ0) is 20.9. The van der Waals surface area contributed by atoms with Gasteiger partial charge in [0, 0.05) is 17.1 Å². The molecular formula is C23H32NO3S-. The van der Waals surface area contributed by atoms with Crippen LogP contribution in [-0.4, -0.2) is 34.3 Å². The molecule has 0 spiro atoms. The van der Waals surface area contributed by atoms with Crippen molar-refractivity contribution in [3.05, 3.63) is 35.9 Å². The Hall–Kier alpha value is -1.75. The molecular weight excluding hydrogens is 370 g/mol. The van der Waals surface area contributed by atoms with Gasteiger partial charge in [-0.15, -0.1) is 0 Å². The van der Waals surface area contributed by atoms with Crippen LogP contribution in [0.5, 0.6) is 0 Å². The predicted octanol–water partition coefficient (Wildman–Crippen LogP) is 4.26. The maximum atomic E-state index is 12.9. The summed E-state index contributed by atoms with van der Waals surface area (Å²) in [6.07, 6.45) is 3.97. The van der Waals surface area contributed by atoms with E-state index in [2.05, 4.69) is 19.1 Å². The van der Waals surface area contributed by atoms with E-state index in [0.29, 0.717) is 25.3 Å². The van der Waals surface area contributed by atoms with Crippen LogP contribution in [0.15, 0.2) is 30.3 Å². The fourth-order valence-corrected chi connectivity index (χ4v) is 4.31. The van der Waals surface area contributed by atoms with Crippen molar-refractivity contribution in [1.29, 1.82) is 0 Å². The van der Waals surface area contributed by atoms with Gasteiger partial charge in [-0.25, -0.2) is 0 Å². The number of hydrogen-bond acceptors (Lipinski definition) is 4. The summed E-state index contributed by atoms with van der Waals surface area (Å²) >= 11 is 4.98. The normalized spacial score (nSPS) is 21.2. The number of amides is 1. The van der Waals surface area contributed by atoms with E-state index < -0.39 is 28.3 Å². The molecule has 0 radical (unpaired) electrons. The van der Waals surface area contributed by atoms with Crippen LogP contribution in [-0.2, 0) is 27.0 Å². The first-order valence-electron chi connectivity index (χ1n) is 10.3. The van der Waals surface area contributed by atoms with Crippen molar-refractivity contribution in [3.8, 4) is 0 Å². The van der Waals surface area contributed by atoms with Gasteiger partial charge >= 0.3 is 0 Å². The second-order valence-electron chi connectivity index (χ2n) is 8.49. The third-order valence-corrected chi connectivity index (χ3v) is 6.54. The molecule has 1 fully saturated rings. The van der Waals surface area contributed by atoms with Crippen molar-refractivity contribution in [2.24, 2.45) is 11.3 Å². The number of likely N-dealkylation sites (tertiary alicyclic amines) is 1. The Morgan fingerprint density at radius 2 is 1.82 bits per heavy atom. The average molecular weight is 403 g/mol. The lowest BCUT2D eigenvalue weighted by atomic mass is 9.75. The summed E-state index contributed by atoms with van der Waals surface area (Å²) in [6.45, 7) is 8.02. The van der Waals surface area contributed by atoms with Crippen LogP contribution in [0, 0.1) is 11.3 Å². The Kier molecular flexibility index (Phi) is 7.76. The SMILES string of the molecule is CCCC(c1ccccc1)C1CCN(C(=O)C(=O)C(C)(C)CC)C(C(=O)[S-])C1. The van der Waals surface area contributed by atoms with Gasteiger partial charge in [0.15, 0.2) is 0 Å². The molecule has 0 bridgehead atoms. The Morgan fingerprint density at radius 3 is 2.36 bits per heavy atom. The Labute approximate surface area is 174 Å². The minimum absolute atomic E-state index is 0.276. The third-order valence-electron chi connectivity index (χ3n) is 6.27. The molecule has 3 atom stereocenters. The van der Waals surface area contributed by atoms with E-state index in [4.69, 9.17) is 12.6 Å². The molecule has 154 valence electrons. The average Bonchev–Trinajstić information content (AvgIpc) is 2.71. The smallest absolute Gasteiger partial charge is 0.291 e. The van der Waals surface area contributed by atoms with Crippen LogP contribution < -0.4 is 0 Å². The molecule has 28 heavy (non-hydrogen) atoms. The van der Waals surface area contributed by atoms with E-state index >= 15 is 0 Å². The molecule has 3 unspecified atom stereocenters. The van der Waals surface area contributed by atoms with Crippen molar-refractivity contribution >= 4 is 29.4 Å². The minimum Gasteiger partial charge on any atom is -0.740 e. The number of Topliss-reactive ketones (excluding diaryl/α,β-unsaturated/α-hetero) is 1. The molecule has 1 aromatic rings. The first-order chi connectivity index (χ1) is 13.2. The monoisotopic (exact) mass is 402 g/mol. The molecule has 1 aliphatic rings. The van der Waals surface area contributed by atoms with Crippen LogP contribution in [0.25, 0.3) is 0 Å². The van der Waals surface area contributed by atoms with Crippen LogP contribution >= 0.6 is 0 Å². The predicted molar refractivity (Wildman–Crippen MR) is 114 cm³/mol. The molecule has 0 saturated carbocycles. The highest BCUT2D eigenvalue weighted by atomic mass is 32.1. The first-order valence-corrected chi connectivity index (χ1v) is 10.7. The zero-order valence-corrected chi connectivity index (χ0v) is 18.3. The van der Waals surface area contributed by atoms with E-state index in [1.165, 1.54) is 10.5 Å². The van der Waals surface area contributed by atoms with Crippen molar-refractivity contribution < 1.29 is 14.4 Å². The Morgan fingerprint density at radius 1 is 1.18 bits per heavy atom.